The second-order valence-corrected chi connectivity index (χ2v) is 9.83. The first-order valence-electron chi connectivity index (χ1n) is 13.3. The standard InChI is InChI=1S/C31H30N4O7/c32-16-21-6-8-22(9-7-21)18-35-26-12-10-23(15-27(26)42-19-28(35)36)17-33-25(14-20-4-2-1-3-5-20)30(39)34-24(31(40)41)11-13-29(37)38/h1-10,12,15,24-25,33H,11,13-14,17-19H2,(H,34,39)(H,37,38)(H,40,41)/t24-,25-/m0/s1. The number of aliphatic carboxylic acids is 2. The van der Waals surface area contributed by atoms with Crippen molar-refractivity contribution in [3.8, 4) is 11.8 Å². The summed E-state index contributed by atoms with van der Waals surface area (Å²) in [6.45, 7) is 0.411. The van der Waals surface area contributed by atoms with Crippen LogP contribution in [0.15, 0.2) is 72.8 Å². The number of nitriles is 1. The minimum Gasteiger partial charge on any atom is -0.482 e. The van der Waals surface area contributed by atoms with E-state index in [0.29, 0.717) is 23.5 Å². The first-order chi connectivity index (χ1) is 20.2. The van der Waals surface area contributed by atoms with Crippen LogP contribution in [0.3, 0.4) is 0 Å². The highest BCUT2D eigenvalue weighted by molar-refractivity contribution is 5.97. The van der Waals surface area contributed by atoms with Gasteiger partial charge in [0.15, 0.2) is 6.61 Å². The van der Waals surface area contributed by atoms with Gasteiger partial charge in [0.2, 0.25) is 5.91 Å². The van der Waals surface area contributed by atoms with Crippen molar-refractivity contribution in [1.82, 2.24) is 10.6 Å². The molecule has 42 heavy (non-hydrogen) atoms. The molecule has 1 heterocycles. The number of carbonyl (C=O) groups excluding carboxylic acids is 2. The van der Waals surface area contributed by atoms with Gasteiger partial charge in [0.1, 0.15) is 11.8 Å². The van der Waals surface area contributed by atoms with Crippen LogP contribution in [0.5, 0.6) is 5.75 Å². The summed E-state index contributed by atoms with van der Waals surface area (Å²) in [5.74, 6) is -2.72. The van der Waals surface area contributed by atoms with Crippen molar-refractivity contribution in [2.75, 3.05) is 11.5 Å². The average Bonchev–Trinajstić information content (AvgIpc) is 2.99. The van der Waals surface area contributed by atoms with E-state index in [9.17, 15) is 24.3 Å². The van der Waals surface area contributed by atoms with Crippen LogP contribution in [0.4, 0.5) is 5.69 Å². The predicted molar refractivity (Wildman–Crippen MR) is 151 cm³/mol. The SMILES string of the molecule is N#Cc1ccc(CN2C(=O)COc3cc(CN[C@@H](Cc4ccccc4)C(=O)N[C@@H](CCC(=O)O)C(=O)O)ccc32)cc1. The Morgan fingerprint density at radius 1 is 0.952 bits per heavy atom. The van der Waals surface area contributed by atoms with Gasteiger partial charge < -0.3 is 30.5 Å². The number of nitrogens with one attached hydrogen (secondary N) is 2. The lowest BCUT2D eigenvalue weighted by Crippen LogP contribution is -2.51. The van der Waals surface area contributed by atoms with Gasteiger partial charge in [-0.05, 0) is 53.8 Å². The maximum absolute atomic E-state index is 13.2. The molecule has 4 rings (SSSR count). The van der Waals surface area contributed by atoms with E-state index in [0.717, 1.165) is 16.7 Å². The van der Waals surface area contributed by atoms with Crippen LogP contribution >= 0.6 is 0 Å². The molecule has 0 aromatic heterocycles. The van der Waals surface area contributed by atoms with Crippen molar-refractivity contribution < 1.29 is 34.1 Å². The van der Waals surface area contributed by atoms with Crippen molar-refractivity contribution in [2.45, 2.75) is 44.4 Å². The van der Waals surface area contributed by atoms with Crippen molar-refractivity contribution in [1.29, 1.82) is 5.26 Å². The Morgan fingerprint density at radius 2 is 1.67 bits per heavy atom. The number of rotatable bonds is 13. The molecule has 11 nitrogen and oxygen atoms in total. The number of benzene rings is 3. The zero-order valence-corrected chi connectivity index (χ0v) is 22.7. The molecule has 1 aliphatic heterocycles. The van der Waals surface area contributed by atoms with Gasteiger partial charge in [-0.25, -0.2) is 4.79 Å². The Morgan fingerprint density at radius 3 is 2.33 bits per heavy atom. The van der Waals surface area contributed by atoms with Crippen LogP contribution in [-0.4, -0.2) is 52.7 Å². The molecule has 0 aliphatic carbocycles. The Balaban J connectivity index is 1.48. The fourth-order valence-corrected chi connectivity index (χ4v) is 4.55. The minimum atomic E-state index is -1.34. The van der Waals surface area contributed by atoms with Crippen LogP contribution in [0.2, 0.25) is 0 Å². The molecule has 0 bridgehead atoms. The largest absolute Gasteiger partial charge is 0.482 e. The minimum absolute atomic E-state index is 0.133. The highest BCUT2D eigenvalue weighted by Gasteiger charge is 2.28. The zero-order chi connectivity index (χ0) is 30.1. The lowest BCUT2D eigenvalue weighted by Gasteiger charge is -2.30. The third-order valence-electron chi connectivity index (χ3n) is 6.80. The van der Waals surface area contributed by atoms with Crippen molar-refractivity contribution in [3.05, 3.63) is 95.1 Å². The summed E-state index contributed by atoms with van der Waals surface area (Å²) in [4.78, 5) is 50.1. The molecule has 2 amide bonds. The summed E-state index contributed by atoms with van der Waals surface area (Å²) in [6, 6.07) is 21.5. The molecule has 0 unspecified atom stereocenters. The van der Waals surface area contributed by atoms with E-state index < -0.39 is 36.4 Å². The van der Waals surface area contributed by atoms with Crippen molar-refractivity contribution >= 4 is 29.4 Å². The number of ether oxygens (including phenoxy) is 1. The molecule has 11 heteroatoms. The third-order valence-corrected chi connectivity index (χ3v) is 6.80. The number of fused-ring (bicyclic) bond motifs is 1. The van der Waals surface area contributed by atoms with Gasteiger partial charge in [-0.2, -0.15) is 5.26 Å². The molecule has 0 radical (unpaired) electrons. The van der Waals surface area contributed by atoms with Crippen LogP contribution in [-0.2, 0) is 38.7 Å². The fourth-order valence-electron chi connectivity index (χ4n) is 4.55. The summed E-state index contributed by atoms with van der Waals surface area (Å²) < 4.78 is 5.70. The van der Waals surface area contributed by atoms with Gasteiger partial charge in [-0.1, -0.05) is 48.5 Å². The third kappa shape index (κ3) is 7.93. The van der Waals surface area contributed by atoms with Gasteiger partial charge in [-0.15, -0.1) is 0 Å². The molecule has 3 aromatic rings. The highest BCUT2D eigenvalue weighted by atomic mass is 16.5. The Hall–Kier alpha value is -5.21. The lowest BCUT2D eigenvalue weighted by molar-refractivity contribution is -0.143. The quantitative estimate of drug-likeness (QED) is 0.241. The van der Waals surface area contributed by atoms with E-state index in [-0.39, 0.29) is 31.9 Å². The molecule has 0 saturated heterocycles. The molecule has 4 N–H and O–H groups in total. The van der Waals surface area contributed by atoms with E-state index in [2.05, 4.69) is 16.7 Å². The highest BCUT2D eigenvalue weighted by Crippen LogP contribution is 2.34. The van der Waals surface area contributed by atoms with Gasteiger partial charge in [-0.3, -0.25) is 14.4 Å². The van der Waals surface area contributed by atoms with Crippen LogP contribution < -0.4 is 20.3 Å². The molecule has 216 valence electrons. The number of nitrogens with zero attached hydrogens (tertiary/aromatic N) is 2. The van der Waals surface area contributed by atoms with Gasteiger partial charge in [0.05, 0.1) is 29.9 Å². The Kier molecular flexibility index (Phi) is 9.86. The molecule has 1 aliphatic rings. The Labute approximate surface area is 242 Å². The first kappa shape index (κ1) is 29.8. The number of carboxylic acid groups (broad SMARTS) is 2. The molecular weight excluding hydrogens is 540 g/mol. The van der Waals surface area contributed by atoms with Crippen molar-refractivity contribution in [3.63, 3.8) is 0 Å². The van der Waals surface area contributed by atoms with E-state index in [1.807, 2.05) is 36.4 Å². The maximum Gasteiger partial charge on any atom is 0.326 e. The number of amides is 2. The van der Waals surface area contributed by atoms with Gasteiger partial charge in [0, 0.05) is 13.0 Å². The van der Waals surface area contributed by atoms with E-state index in [1.54, 1.807) is 41.3 Å². The normalized spacial score (nSPS) is 13.7. The summed E-state index contributed by atoms with van der Waals surface area (Å²) in [5, 5.41) is 33.1. The Bertz CT molecular complexity index is 1490. The average molecular weight is 571 g/mol. The molecule has 0 saturated carbocycles. The summed E-state index contributed by atoms with van der Waals surface area (Å²) in [6.07, 6.45) is -0.367. The number of hydrogen-bond acceptors (Lipinski definition) is 7. The first-order valence-corrected chi connectivity index (χ1v) is 13.3. The van der Waals surface area contributed by atoms with Crippen LogP contribution in [0, 0.1) is 11.3 Å². The monoisotopic (exact) mass is 570 g/mol. The maximum atomic E-state index is 13.2. The van der Waals surface area contributed by atoms with Crippen LogP contribution in [0.1, 0.15) is 35.1 Å². The topological polar surface area (TPSA) is 169 Å². The zero-order valence-electron chi connectivity index (χ0n) is 22.7. The molecule has 2 atom stereocenters. The second kappa shape index (κ2) is 13.9. The van der Waals surface area contributed by atoms with Crippen molar-refractivity contribution in [2.24, 2.45) is 0 Å². The summed E-state index contributed by atoms with van der Waals surface area (Å²) >= 11 is 0. The number of carbonyl (C=O) groups is 4. The second-order valence-electron chi connectivity index (χ2n) is 9.83. The summed E-state index contributed by atoms with van der Waals surface area (Å²) in [7, 11) is 0. The lowest BCUT2D eigenvalue weighted by atomic mass is 10.0. The van der Waals surface area contributed by atoms with Gasteiger partial charge in [0.25, 0.3) is 5.91 Å². The molecule has 3 aromatic carbocycles. The summed E-state index contributed by atoms with van der Waals surface area (Å²) in [5.41, 5.74) is 3.61. The fraction of sp³-hybridized carbons (Fsp3) is 0.258. The number of anilines is 1. The van der Waals surface area contributed by atoms with Gasteiger partial charge >= 0.3 is 11.9 Å². The molecule has 0 spiro atoms. The predicted octanol–water partition coefficient (Wildman–Crippen LogP) is 2.62. The molecular formula is C31H30N4O7. The van der Waals surface area contributed by atoms with E-state index in [4.69, 9.17) is 15.1 Å². The number of hydrogen-bond donors (Lipinski definition) is 4. The smallest absolute Gasteiger partial charge is 0.326 e. The van der Waals surface area contributed by atoms with Crippen LogP contribution in [0.25, 0.3) is 0 Å². The van der Waals surface area contributed by atoms with E-state index >= 15 is 0 Å². The molecule has 0 fully saturated rings. The number of carboxylic acids is 2. The van der Waals surface area contributed by atoms with E-state index in [1.165, 1.54) is 0 Å².